The first kappa shape index (κ1) is 17.8. The van der Waals surface area contributed by atoms with Gasteiger partial charge >= 0.3 is 0 Å². The van der Waals surface area contributed by atoms with E-state index in [0.29, 0.717) is 5.89 Å². The number of carbonyl (C=O) groups excluding carboxylic acids is 1. The Morgan fingerprint density at radius 2 is 1.96 bits per heavy atom. The SMILES string of the molecule is Cc1ccc(C)c(NC(=O)CCc2ncc(-c3ccc(F)cc3F)o2)c1. The minimum atomic E-state index is -0.722. The van der Waals surface area contributed by atoms with Crippen molar-refractivity contribution in [2.24, 2.45) is 0 Å². The van der Waals surface area contributed by atoms with Crippen molar-refractivity contribution < 1.29 is 18.0 Å². The highest BCUT2D eigenvalue weighted by atomic mass is 19.1. The summed E-state index contributed by atoms with van der Waals surface area (Å²) < 4.78 is 32.2. The smallest absolute Gasteiger partial charge is 0.224 e. The van der Waals surface area contributed by atoms with E-state index in [9.17, 15) is 13.6 Å². The van der Waals surface area contributed by atoms with E-state index in [0.717, 1.165) is 28.9 Å². The molecule has 0 aliphatic rings. The third-order valence-corrected chi connectivity index (χ3v) is 3.98. The fourth-order valence-corrected chi connectivity index (χ4v) is 2.54. The normalized spacial score (nSPS) is 10.8. The largest absolute Gasteiger partial charge is 0.441 e. The average molecular weight is 356 g/mol. The van der Waals surface area contributed by atoms with Crippen LogP contribution >= 0.6 is 0 Å². The Balaban J connectivity index is 1.62. The molecule has 0 unspecified atom stereocenters. The van der Waals surface area contributed by atoms with E-state index in [4.69, 9.17) is 4.42 Å². The van der Waals surface area contributed by atoms with Gasteiger partial charge in [0.05, 0.1) is 11.8 Å². The van der Waals surface area contributed by atoms with Crippen molar-refractivity contribution in [1.82, 2.24) is 4.98 Å². The van der Waals surface area contributed by atoms with E-state index in [1.54, 1.807) is 0 Å². The predicted octanol–water partition coefficient (Wildman–Crippen LogP) is 4.81. The molecule has 1 N–H and O–H groups in total. The molecule has 0 radical (unpaired) electrons. The Morgan fingerprint density at radius 1 is 1.15 bits per heavy atom. The number of nitrogens with one attached hydrogen (secondary N) is 1. The third kappa shape index (κ3) is 4.14. The molecule has 1 heterocycles. The Morgan fingerprint density at radius 3 is 2.73 bits per heavy atom. The molecule has 0 aliphatic heterocycles. The van der Waals surface area contributed by atoms with Gasteiger partial charge in [0, 0.05) is 24.6 Å². The van der Waals surface area contributed by atoms with Gasteiger partial charge in [-0.2, -0.15) is 0 Å². The fraction of sp³-hybridized carbons (Fsp3) is 0.200. The Kier molecular flexibility index (Phi) is 5.11. The van der Waals surface area contributed by atoms with Crippen molar-refractivity contribution in [1.29, 1.82) is 0 Å². The number of oxazole rings is 1. The molecule has 0 fully saturated rings. The van der Waals surface area contributed by atoms with Crippen molar-refractivity contribution in [2.45, 2.75) is 26.7 Å². The highest BCUT2D eigenvalue weighted by molar-refractivity contribution is 5.91. The van der Waals surface area contributed by atoms with E-state index in [-0.39, 0.29) is 30.1 Å². The molecule has 6 heteroatoms. The van der Waals surface area contributed by atoms with Gasteiger partial charge in [-0.05, 0) is 43.2 Å². The predicted molar refractivity (Wildman–Crippen MR) is 94.7 cm³/mol. The molecule has 4 nitrogen and oxygen atoms in total. The van der Waals surface area contributed by atoms with Crippen LogP contribution in [0.5, 0.6) is 0 Å². The number of aromatic nitrogens is 1. The van der Waals surface area contributed by atoms with Gasteiger partial charge in [-0.3, -0.25) is 4.79 Å². The lowest BCUT2D eigenvalue weighted by molar-refractivity contribution is -0.116. The topological polar surface area (TPSA) is 55.1 Å². The molecule has 1 aromatic heterocycles. The maximum absolute atomic E-state index is 13.8. The fourth-order valence-electron chi connectivity index (χ4n) is 2.54. The summed E-state index contributed by atoms with van der Waals surface area (Å²) in [5.41, 5.74) is 2.94. The zero-order chi connectivity index (χ0) is 18.7. The number of nitrogens with zero attached hydrogens (tertiary/aromatic N) is 1. The van der Waals surface area contributed by atoms with E-state index >= 15 is 0 Å². The molecule has 3 rings (SSSR count). The van der Waals surface area contributed by atoms with Gasteiger partial charge in [-0.1, -0.05) is 12.1 Å². The van der Waals surface area contributed by atoms with Gasteiger partial charge in [0.1, 0.15) is 11.6 Å². The van der Waals surface area contributed by atoms with Gasteiger partial charge in [0.2, 0.25) is 5.91 Å². The zero-order valence-corrected chi connectivity index (χ0v) is 14.5. The summed E-state index contributed by atoms with van der Waals surface area (Å²) in [5, 5.41) is 2.87. The lowest BCUT2D eigenvalue weighted by atomic mass is 10.1. The van der Waals surface area contributed by atoms with E-state index in [1.165, 1.54) is 12.3 Å². The summed E-state index contributed by atoms with van der Waals surface area (Å²) in [5.74, 6) is -1.02. The second-order valence-electron chi connectivity index (χ2n) is 6.11. The van der Waals surface area contributed by atoms with Crippen molar-refractivity contribution in [3.05, 3.63) is 71.2 Å². The molecular formula is C20H18F2N2O2. The molecule has 26 heavy (non-hydrogen) atoms. The van der Waals surface area contributed by atoms with Crippen LogP contribution in [-0.2, 0) is 11.2 Å². The molecule has 1 amide bonds. The summed E-state index contributed by atoms with van der Waals surface area (Å²) in [6, 6.07) is 9.07. The molecule has 0 bridgehead atoms. The second-order valence-corrected chi connectivity index (χ2v) is 6.11. The lowest BCUT2D eigenvalue weighted by Crippen LogP contribution is -2.13. The number of anilines is 1. The van der Waals surface area contributed by atoms with E-state index in [2.05, 4.69) is 10.3 Å². The highest BCUT2D eigenvalue weighted by Gasteiger charge is 2.13. The Hall–Kier alpha value is -3.02. The number of halogens is 2. The molecule has 3 aromatic rings. The zero-order valence-electron chi connectivity index (χ0n) is 14.5. The summed E-state index contributed by atoms with van der Waals surface area (Å²) >= 11 is 0. The van der Waals surface area contributed by atoms with Crippen LogP contribution in [0, 0.1) is 25.5 Å². The standard InChI is InChI=1S/C20H18F2N2O2/c1-12-3-4-13(2)17(9-12)24-19(25)7-8-20-23-11-18(26-20)15-6-5-14(21)10-16(15)22/h3-6,9-11H,7-8H2,1-2H3,(H,24,25). The Labute approximate surface area is 149 Å². The number of hydrogen-bond acceptors (Lipinski definition) is 3. The number of carbonyl (C=O) groups is 1. The van der Waals surface area contributed by atoms with Crippen LogP contribution < -0.4 is 5.32 Å². The summed E-state index contributed by atoms with van der Waals surface area (Å²) in [7, 11) is 0. The van der Waals surface area contributed by atoms with E-state index < -0.39 is 11.6 Å². The molecule has 0 aliphatic carbocycles. The van der Waals surface area contributed by atoms with Crippen LogP contribution in [0.2, 0.25) is 0 Å². The van der Waals surface area contributed by atoms with Crippen molar-refractivity contribution in [2.75, 3.05) is 5.32 Å². The quantitative estimate of drug-likeness (QED) is 0.714. The number of hydrogen-bond donors (Lipinski definition) is 1. The third-order valence-electron chi connectivity index (χ3n) is 3.98. The van der Waals surface area contributed by atoms with Crippen LogP contribution in [-0.4, -0.2) is 10.9 Å². The minimum absolute atomic E-state index is 0.130. The van der Waals surface area contributed by atoms with Gasteiger partial charge in [-0.25, -0.2) is 13.8 Å². The number of rotatable bonds is 5. The lowest BCUT2D eigenvalue weighted by Gasteiger charge is -2.08. The number of aryl methyl sites for hydroxylation is 3. The Bertz CT molecular complexity index is 951. The van der Waals surface area contributed by atoms with Gasteiger partial charge in [0.25, 0.3) is 0 Å². The van der Waals surface area contributed by atoms with Crippen LogP contribution in [0.25, 0.3) is 11.3 Å². The van der Waals surface area contributed by atoms with Gasteiger partial charge in [0.15, 0.2) is 11.7 Å². The van der Waals surface area contributed by atoms with Crippen LogP contribution in [0.1, 0.15) is 23.4 Å². The minimum Gasteiger partial charge on any atom is -0.441 e. The van der Waals surface area contributed by atoms with Gasteiger partial charge < -0.3 is 9.73 Å². The maximum Gasteiger partial charge on any atom is 0.224 e. The molecule has 0 saturated heterocycles. The summed E-state index contributed by atoms with van der Waals surface area (Å²) in [4.78, 5) is 16.2. The first-order valence-corrected chi connectivity index (χ1v) is 8.19. The monoisotopic (exact) mass is 356 g/mol. The molecular weight excluding hydrogens is 338 g/mol. The number of benzene rings is 2. The van der Waals surface area contributed by atoms with Crippen LogP contribution in [0.3, 0.4) is 0 Å². The van der Waals surface area contributed by atoms with Crippen LogP contribution in [0.15, 0.2) is 47.0 Å². The molecule has 0 atom stereocenters. The van der Waals surface area contributed by atoms with Crippen molar-refractivity contribution in [3.63, 3.8) is 0 Å². The highest BCUT2D eigenvalue weighted by Crippen LogP contribution is 2.24. The summed E-state index contributed by atoms with van der Waals surface area (Å²) in [6.45, 7) is 3.88. The summed E-state index contributed by atoms with van der Waals surface area (Å²) in [6.07, 6.45) is 1.83. The van der Waals surface area contributed by atoms with Crippen LogP contribution in [0.4, 0.5) is 14.5 Å². The maximum atomic E-state index is 13.8. The van der Waals surface area contributed by atoms with Gasteiger partial charge in [-0.15, -0.1) is 0 Å². The molecule has 0 spiro atoms. The van der Waals surface area contributed by atoms with Crippen molar-refractivity contribution in [3.8, 4) is 11.3 Å². The second kappa shape index (κ2) is 7.47. The molecule has 2 aromatic carbocycles. The first-order valence-electron chi connectivity index (χ1n) is 8.19. The number of amides is 1. The average Bonchev–Trinajstić information content (AvgIpc) is 3.05. The van der Waals surface area contributed by atoms with E-state index in [1.807, 2.05) is 32.0 Å². The van der Waals surface area contributed by atoms with Crippen molar-refractivity contribution >= 4 is 11.6 Å². The molecule has 0 saturated carbocycles. The molecule has 134 valence electrons. The first-order chi connectivity index (χ1) is 12.4.